The van der Waals surface area contributed by atoms with Gasteiger partial charge in [0, 0.05) is 32.0 Å². The molecule has 0 aliphatic rings. The SMILES string of the molecule is CC(C)Cc1cc(-c2[c-]cccc2)nc[c]1[Ge]([CH3])([CH3])[CH3].[Ir].[c-]1ccc2c(oc3ccccc32)c1-c1nc2ccccc2n1Cc1ccccc1. The van der Waals surface area contributed by atoms with Gasteiger partial charge < -0.3 is 8.98 Å². The minimum Gasteiger partial charge on any atom is -0.501 e. The summed E-state index contributed by atoms with van der Waals surface area (Å²) in [4.78, 5) is 9.67. The number of para-hydroxylation sites is 3. The van der Waals surface area contributed by atoms with Gasteiger partial charge in [0.05, 0.1) is 22.4 Å². The Labute approximate surface area is 311 Å². The largest absolute Gasteiger partial charge is 0.501 e. The molecule has 0 bridgehead atoms. The number of aromatic nitrogens is 3. The molecule has 6 heteroatoms. The smallest absolute Gasteiger partial charge is 0.120 e. The zero-order chi connectivity index (χ0) is 34.0. The van der Waals surface area contributed by atoms with E-state index in [9.17, 15) is 0 Å². The molecule has 0 spiro atoms. The van der Waals surface area contributed by atoms with Crippen LogP contribution in [-0.2, 0) is 33.1 Å². The van der Waals surface area contributed by atoms with Gasteiger partial charge in [-0.3, -0.25) is 4.98 Å². The van der Waals surface area contributed by atoms with Crippen molar-refractivity contribution in [3.8, 4) is 22.6 Å². The van der Waals surface area contributed by atoms with E-state index in [1.165, 1.54) is 11.1 Å². The van der Waals surface area contributed by atoms with Crippen molar-refractivity contribution in [1.82, 2.24) is 14.5 Å². The summed E-state index contributed by atoms with van der Waals surface area (Å²) in [7, 11) is 0. The van der Waals surface area contributed by atoms with E-state index in [0.29, 0.717) is 5.92 Å². The Balaban J connectivity index is 0.000000182. The Bertz CT molecular complexity index is 2360. The fourth-order valence-electron chi connectivity index (χ4n) is 6.53. The number of furan rings is 1. The summed E-state index contributed by atoms with van der Waals surface area (Å²) in [6.45, 7) is 5.31. The minimum atomic E-state index is -1.86. The van der Waals surface area contributed by atoms with Crippen LogP contribution in [0.2, 0.25) is 17.3 Å². The van der Waals surface area contributed by atoms with Gasteiger partial charge in [0.15, 0.2) is 0 Å². The molecule has 0 saturated carbocycles. The predicted molar refractivity (Wildman–Crippen MR) is 207 cm³/mol. The van der Waals surface area contributed by atoms with Gasteiger partial charge >= 0.3 is 126 Å². The van der Waals surface area contributed by atoms with Crippen LogP contribution in [0.15, 0.2) is 132 Å². The van der Waals surface area contributed by atoms with Crippen molar-refractivity contribution in [1.29, 1.82) is 0 Å². The maximum atomic E-state index is 6.25. The molecule has 3 heterocycles. The van der Waals surface area contributed by atoms with Crippen molar-refractivity contribution in [2.24, 2.45) is 5.92 Å². The van der Waals surface area contributed by atoms with Crippen molar-refractivity contribution in [3.05, 3.63) is 151 Å². The molecule has 3 aromatic heterocycles. The number of hydrogen-bond donors (Lipinski definition) is 0. The first-order chi connectivity index (χ1) is 23.8. The van der Waals surface area contributed by atoms with Gasteiger partial charge in [-0.25, -0.2) is 0 Å². The van der Waals surface area contributed by atoms with Gasteiger partial charge in [-0.05, 0) is 23.8 Å². The van der Waals surface area contributed by atoms with Crippen molar-refractivity contribution in [2.45, 2.75) is 44.1 Å². The summed E-state index contributed by atoms with van der Waals surface area (Å²) in [5, 5.41) is 2.20. The van der Waals surface area contributed by atoms with Crippen LogP contribution < -0.4 is 4.40 Å². The van der Waals surface area contributed by atoms with Crippen molar-refractivity contribution in [3.63, 3.8) is 0 Å². The van der Waals surface area contributed by atoms with E-state index in [1.807, 2.05) is 54.6 Å². The number of hydrogen-bond acceptors (Lipinski definition) is 3. The maximum absolute atomic E-state index is 6.25. The van der Waals surface area contributed by atoms with Crippen LogP contribution in [0.4, 0.5) is 0 Å². The summed E-state index contributed by atoms with van der Waals surface area (Å²) in [5.41, 5.74) is 9.55. The molecule has 1 radical (unpaired) electrons. The second-order valence-electron chi connectivity index (χ2n) is 14.0. The molecule has 0 amide bonds. The van der Waals surface area contributed by atoms with Gasteiger partial charge in [0.25, 0.3) is 0 Å². The molecule has 0 N–H and O–H groups in total. The molecule has 0 aliphatic heterocycles. The molecule has 8 aromatic rings. The molecule has 8 rings (SSSR count). The monoisotopic (exact) mass is 894 g/mol. The fraction of sp³-hybridized carbons (Fsp3) is 0.182. The minimum absolute atomic E-state index is 0. The fourth-order valence-corrected chi connectivity index (χ4v) is 9.86. The third-order valence-corrected chi connectivity index (χ3v) is 13.1. The third-order valence-electron chi connectivity index (χ3n) is 8.81. The first kappa shape index (κ1) is 35.5. The Morgan fingerprint density at radius 1 is 0.780 bits per heavy atom. The van der Waals surface area contributed by atoms with Crippen molar-refractivity contribution in [2.75, 3.05) is 0 Å². The maximum Gasteiger partial charge on any atom is 0.120 e. The van der Waals surface area contributed by atoms with E-state index in [1.54, 1.807) is 4.40 Å². The molecule has 0 atom stereocenters. The molecule has 0 unspecified atom stereocenters. The average molecular weight is 893 g/mol. The van der Waals surface area contributed by atoms with Gasteiger partial charge in [-0.1, -0.05) is 71.6 Å². The van der Waals surface area contributed by atoms with Gasteiger partial charge in [0.2, 0.25) is 0 Å². The van der Waals surface area contributed by atoms with Crippen LogP contribution in [0, 0.1) is 18.1 Å². The molecular formula is C44H41GeIrN3O-2. The number of fused-ring (bicyclic) bond motifs is 4. The molecule has 4 nitrogen and oxygen atoms in total. The van der Waals surface area contributed by atoms with Gasteiger partial charge in [0.1, 0.15) is 5.58 Å². The summed E-state index contributed by atoms with van der Waals surface area (Å²) in [6, 6.07) is 47.9. The molecule has 0 aliphatic carbocycles. The van der Waals surface area contributed by atoms with Crippen LogP contribution in [0.25, 0.3) is 55.6 Å². The van der Waals surface area contributed by atoms with Crippen LogP contribution in [0.3, 0.4) is 0 Å². The number of imidazole rings is 1. The van der Waals surface area contributed by atoms with Crippen LogP contribution in [-0.4, -0.2) is 27.8 Å². The quantitative estimate of drug-likeness (QED) is 0.118. The van der Waals surface area contributed by atoms with E-state index in [0.717, 1.165) is 68.6 Å². The number of pyridine rings is 1. The number of nitrogens with zero attached hydrogens (tertiary/aromatic N) is 3. The molecule has 253 valence electrons. The van der Waals surface area contributed by atoms with E-state index in [4.69, 9.17) is 14.4 Å². The van der Waals surface area contributed by atoms with Crippen LogP contribution >= 0.6 is 0 Å². The summed E-state index contributed by atoms with van der Waals surface area (Å²) in [5.74, 6) is 8.87. The Morgan fingerprint density at radius 2 is 1.52 bits per heavy atom. The second-order valence-corrected chi connectivity index (χ2v) is 24.6. The van der Waals surface area contributed by atoms with E-state index in [-0.39, 0.29) is 20.1 Å². The Morgan fingerprint density at radius 3 is 2.28 bits per heavy atom. The van der Waals surface area contributed by atoms with Crippen LogP contribution in [0.5, 0.6) is 0 Å². The summed E-state index contributed by atoms with van der Waals surface area (Å²) < 4.78 is 10.0. The number of benzene rings is 5. The molecule has 50 heavy (non-hydrogen) atoms. The molecule has 5 aromatic carbocycles. The molecule has 0 saturated heterocycles. The van der Waals surface area contributed by atoms with E-state index >= 15 is 0 Å². The van der Waals surface area contributed by atoms with E-state index in [2.05, 4.69) is 121 Å². The number of rotatable bonds is 7. The van der Waals surface area contributed by atoms with Crippen LogP contribution in [0.1, 0.15) is 25.0 Å². The molecule has 0 fully saturated rings. The zero-order valence-corrected chi connectivity index (χ0v) is 33.7. The second kappa shape index (κ2) is 15.3. The van der Waals surface area contributed by atoms with Crippen molar-refractivity contribution >= 4 is 50.6 Å². The average Bonchev–Trinajstić information content (AvgIpc) is 3.67. The van der Waals surface area contributed by atoms with E-state index < -0.39 is 13.3 Å². The standard InChI is InChI=1S/C26H17N2O.C18H24GeN.Ir/c1-2-9-18(10-3-1)17-28-23-15-6-5-14-22(23)27-26(28)21-13-8-12-20-19-11-4-7-16-24(19)29-25(20)21;1-14(2)11-16-12-18(15-9-7-6-8-10-15)20-13-17(16)19(3,4)5;/h1-12,14-16H,17H2;6-9,12-14H,11H2,1-5H3;/q2*-1;. The molecular weight excluding hydrogens is 851 g/mol. The Kier molecular flexibility index (Phi) is 10.9. The van der Waals surface area contributed by atoms with Crippen molar-refractivity contribution < 1.29 is 24.5 Å². The van der Waals surface area contributed by atoms with Gasteiger partial charge in [-0.15, -0.1) is 18.2 Å². The predicted octanol–water partition coefficient (Wildman–Crippen LogP) is 10.7. The zero-order valence-electron chi connectivity index (χ0n) is 29.2. The topological polar surface area (TPSA) is 43.9 Å². The summed E-state index contributed by atoms with van der Waals surface area (Å²) >= 11 is -1.86. The third kappa shape index (κ3) is 7.56. The normalized spacial score (nSPS) is 11.5. The summed E-state index contributed by atoms with van der Waals surface area (Å²) in [6.07, 6.45) is 3.27. The first-order valence-corrected chi connectivity index (χ1v) is 24.4. The Hall–Kier alpha value is -4.29. The van der Waals surface area contributed by atoms with Gasteiger partial charge in [-0.2, -0.15) is 0 Å². The first-order valence-electron chi connectivity index (χ1n) is 17.0.